The molecule has 19 heavy (non-hydrogen) atoms. The van der Waals surface area contributed by atoms with Gasteiger partial charge in [-0.3, -0.25) is 4.90 Å². The Morgan fingerprint density at radius 2 is 1.63 bits per heavy atom. The van der Waals surface area contributed by atoms with Gasteiger partial charge in [-0.1, -0.05) is 26.0 Å². The molecule has 2 aliphatic rings. The van der Waals surface area contributed by atoms with Crippen molar-refractivity contribution in [2.45, 2.75) is 25.8 Å². The summed E-state index contributed by atoms with van der Waals surface area (Å²) >= 11 is 0. The van der Waals surface area contributed by atoms with Crippen molar-refractivity contribution in [1.82, 2.24) is 10.2 Å². The van der Waals surface area contributed by atoms with Crippen LogP contribution in [0, 0.1) is 0 Å². The van der Waals surface area contributed by atoms with Crippen molar-refractivity contribution < 1.29 is 0 Å². The standard InChI is InChI=1S/C16H25N3/c1-13(2)14-3-5-15(6-4-14)18-7-9-19(10-8-18)16-11-17-12-16/h3-6,13,16-17H,7-12H2,1-2H3. The minimum absolute atomic E-state index is 0.622. The van der Waals surface area contributed by atoms with Crippen LogP contribution in [0.15, 0.2) is 24.3 Å². The summed E-state index contributed by atoms with van der Waals surface area (Å²) < 4.78 is 0. The van der Waals surface area contributed by atoms with E-state index in [0.717, 1.165) is 19.1 Å². The number of anilines is 1. The first-order valence-electron chi connectivity index (χ1n) is 7.54. The van der Waals surface area contributed by atoms with Gasteiger partial charge in [0.15, 0.2) is 0 Å². The van der Waals surface area contributed by atoms with Gasteiger partial charge in [0.25, 0.3) is 0 Å². The zero-order chi connectivity index (χ0) is 13.2. The predicted octanol–water partition coefficient (Wildman–Crippen LogP) is 1.90. The molecule has 1 aromatic carbocycles. The van der Waals surface area contributed by atoms with Gasteiger partial charge >= 0.3 is 0 Å². The lowest BCUT2D eigenvalue weighted by Crippen LogP contribution is -2.61. The number of nitrogens with one attached hydrogen (secondary N) is 1. The van der Waals surface area contributed by atoms with E-state index in [-0.39, 0.29) is 0 Å². The first-order chi connectivity index (χ1) is 9.24. The van der Waals surface area contributed by atoms with Crippen LogP contribution in [0.4, 0.5) is 5.69 Å². The third-order valence-electron chi connectivity index (χ3n) is 4.52. The first-order valence-corrected chi connectivity index (χ1v) is 7.54. The highest BCUT2D eigenvalue weighted by Gasteiger charge is 2.27. The molecule has 1 N–H and O–H groups in total. The molecule has 0 bridgehead atoms. The minimum Gasteiger partial charge on any atom is -0.369 e. The average molecular weight is 259 g/mol. The Balaban J connectivity index is 1.58. The zero-order valence-corrected chi connectivity index (χ0v) is 12.1. The Kier molecular flexibility index (Phi) is 3.76. The van der Waals surface area contributed by atoms with Crippen molar-refractivity contribution in [2.24, 2.45) is 0 Å². The van der Waals surface area contributed by atoms with Gasteiger partial charge in [0.05, 0.1) is 0 Å². The monoisotopic (exact) mass is 259 g/mol. The van der Waals surface area contributed by atoms with Gasteiger partial charge in [-0.15, -0.1) is 0 Å². The summed E-state index contributed by atoms with van der Waals surface area (Å²) in [4.78, 5) is 5.15. The molecule has 0 spiro atoms. The fourth-order valence-electron chi connectivity index (χ4n) is 2.95. The van der Waals surface area contributed by atoms with Crippen LogP contribution < -0.4 is 10.2 Å². The topological polar surface area (TPSA) is 18.5 Å². The molecule has 2 fully saturated rings. The highest BCUT2D eigenvalue weighted by Crippen LogP contribution is 2.21. The van der Waals surface area contributed by atoms with Crippen LogP contribution in [-0.4, -0.2) is 50.2 Å². The highest BCUT2D eigenvalue weighted by molar-refractivity contribution is 5.48. The normalized spacial score (nSPS) is 21.7. The molecule has 1 aromatic rings. The third kappa shape index (κ3) is 2.77. The number of hydrogen-bond donors (Lipinski definition) is 1. The van der Waals surface area contributed by atoms with Crippen molar-refractivity contribution in [1.29, 1.82) is 0 Å². The molecule has 0 saturated carbocycles. The highest BCUT2D eigenvalue weighted by atomic mass is 15.3. The number of benzene rings is 1. The molecular weight excluding hydrogens is 234 g/mol. The number of hydrogen-bond acceptors (Lipinski definition) is 3. The van der Waals surface area contributed by atoms with E-state index >= 15 is 0 Å². The quantitative estimate of drug-likeness (QED) is 0.894. The first kappa shape index (κ1) is 12.9. The average Bonchev–Trinajstić information content (AvgIpc) is 2.38. The fourth-order valence-corrected chi connectivity index (χ4v) is 2.95. The van der Waals surface area contributed by atoms with Crippen molar-refractivity contribution in [3.8, 4) is 0 Å². The maximum absolute atomic E-state index is 3.36. The fraction of sp³-hybridized carbons (Fsp3) is 0.625. The van der Waals surface area contributed by atoms with Crippen molar-refractivity contribution in [2.75, 3.05) is 44.2 Å². The van der Waals surface area contributed by atoms with Crippen molar-refractivity contribution in [3.63, 3.8) is 0 Å². The Morgan fingerprint density at radius 3 is 2.11 bits per heavy atom. The molecular formula is C16H25N3. The van der Waals surface area contributed by atoms with Crippen LogP contribution in [0.5, 0.6) is 0 Å². The molecule has 3 nitrogen and oxygen atoms in total. The summed E-state index contributed by atoms with van der Waals surface area (Å²) in [6.07, 6.45) is 0. The largest absolute Gasteiger partial charge is 0.369 e. The van der Waals surface area contributed by atoms with E-state index < -0.39 is 0 Å². The molecule has 104 valence electrons. The summed E-state index contributed by atoms with van der Waals surface area (Å²) in [5.74, 6) is 0.622. The Labute approximate surface area is 116 Å². The molecule has 0 aliphatic carbocycles. The van der Waals surface area contributed by atoms with Gasteiger partial charge in [-0.25, -0.2) is 0 Å². The maximum atomic E-state index is 3.36. The van der Waals surface area contributed by atoms with E-state index in [0.29, 0.717) is 5.92 Å². The SMILES string of the molecule is CC(C)c1ccc(N2CCN(C3CNC3)CC2)cc1. The van der Waals surface area contributed by atoms with E-state index in [4.69, 9.17) is 0 Å². The summed E-state index contributed by atoms with van der Waals surface area (Å²) in [6, 6.07) is 9.93. The van der Waals surface area contributed by atoms with Gasteiger partial charge in [0.1, 0.15) is 0 Å². The Morgan fingerprint density at radius 1 is 1.00 bits per heavy atom. The van der Waals surface area contributed by atoms with Crippen molar-refractivity contribution in [3.05, 3.63) is 29.8 Å². The van der Waals surface area contributed by atoms with E-state index in [1.165, 1.54) is 37.4 Å². The van der Waals surface area contributed by atoms with E-state index in [9.17, 15) is 0 Å². The van der Waals surface area contributed by atoms with Gasteiger partial charge in [0, 0.05) is 51.0 Å². The molecule has 2 heterocycles. The lowest BCUT2D eigenvalue weighted by atomic mass is 10.0. The minimum atomic E-state index is 0.622. The van der Waals surface area contributed by atoms with Crippen LogP contribution in [0.2, 0.25) is 0 Å². The van der Waals surface area contributed by atoms with E-state index in [2.05, 4.69) is 53.2 Å². The predicted molar refractivity (Wildman–Crippen MR) is 81.0 cm³/mol. The van der Waals surface area contributed by atoms with Gasteiger partial charge in [-0.05, 0) is 23.6 Å². The lowest BCUT2D eigenvalue weighted by molar-refractivity contribution is 0.138. The molecule has 0 atom stereocenters. The summed E-state index contributed by atoms with van der Waals surface area (Å²) in [5.41, 5.74) is 2.82. The lowest BCUT2D eigenvalue weighted by Gasteiger charge is -2.43. The van der Waals surface area contributed by atoms with Gasteiger partial charge in [-0.2, -0.15) is 0 Å². The second-order valence-corrected chi connectivity index (χ2v) is 6.08. The van der Waals surface area contributed by atoms with Crippen LogP contribution >= 0.6 is 0 Å². The van der Waals surface area contributed by atoms with Gasteiger partial charge < -0.3 is 10.2 Å². The molecule has 0 radical (unpaired) electrons. The van der Waals surface area contributed by atoms with Crippen LogP contribution in [0.1, 0.15) is 25.3 Å². The third-order valence-corrected chi connectivity index (χ3v) is 4.52. The molecule has 0 aromatic heterocycles. The second-order valence-electron chi connectivity index (χ2n) is 6.08. The number of nitrogens with zero attached hydrogens (tertiary/aromatic N) is 2. The summed E-state index contributed by atoms with van der Waals surface area (Å²) in [7, 11) is 0. The number of piperazine rings is 1. The smallest absolute Gasteiger partial charge is 0.0367 e. The molecule has 0 unspecified atom stereocenters. The van der Waals surface area contributed by atoms with Crippen LogP contribution in [0.3, 0.4) is 0 Å². The molecule has 2 aliphatic heterocycles. The molecule has 2 saturated heterocycles. The second kappa shape index (κ2) is 5.51. The van der Waals surface area contributed by atoms with E-state index in [1.807, 2.05) is 0 Å². The van der Waals surface area contributed by atoms with Crippen LogP contribution in [0.25, 0.3) is 0 Å². The maximum Gasteiger partial charge on any atom is 0.0367 e. The van der Waals surface area contributed by atoms with Crippen molar-refractivity contribution >= 4 is 5.69 Å². The zero-order valence-electron chi connectivity index (χ0n) is 12.1. The van der Waals surface area contributed by atoms with E-state index in [1.54, 1.807) is 0 Å². The molecule has 0 amide bonds. The number of rotatable bonds is 3. The summed E-state index contributed by atoms with van der Waals surface area (Å²) in [6.45, 7) is 11.6. The van der Waals surface area contributed by atoms with Gasteiger partial charge in [0.2, 0.25) is 0 Å². The summed E-state index contributed by atoms with van der Waals surface area (Å²) in [5, 5.41) is 3.36. The van der Waals surface area contributed by atoms with Crippen LogP contribution in [-0.2, 0) is 0 Å². The molecule has 3 rings (SSSR count). The molecule has 3 heteroatoms. The Bertz CT molecular complexity index is 401. The Hall–Kier alpha value is -1.06.